The van der Waals surface area contributed by atoms with Crippen LogP contribution in [0.25, 0.3) is 0 Å². The molecule has 2 aliphatic rings. The summed E-state index contributed by atoms with van der Waals surface area (Å²) in [7, 11) is 0. The molecule has 2 nitrogen and oxygen atoms in total. The SMILES string of the molecule is [O-][NH+]1C=CC2=C(C=CC2)C1. The molecule has 1 atom stereocenters. The van der Waals surface area contributed by atoms with Gasteiger partial charge in [0.1, 0.15) is 6.54 Å². The zero-order valence-corrected chi connectivity index (χ0v) is 5.63. The van der Waals surface area contributed by atoms with Crippen molar-refractivity contribution in [1.82, 2.24) is 0 Å². The second-order valence-corrected chi connectivity index (χ2v) is 2.63. The molecule has 1 aliphatic heterocycles. The van der Waals surface area contributed by atoms with Crippen LogP contribution in [-0.2, 0) is 0 Å². The van der Waals surface area contributed by atoms with E-state index in [0.717, 1.165) is 6.42 Å². The minimum absolute atomic E-state index is 0.227. The Balaban J connectivity index is 2.28. The molecule has 1 N–H and O–H groups in total. The van der Waals surface area contributed by atoms with Crippen molar-refractivity contribution in [3.8, 4) is 0 Å². The van der Waals surface area contributed by atoms with E-state index in [0.29, 0.717) is 6.54 Å². The molecule has 0 aromatic rings. The fourth-order valence-electron chi connectivity index (χ4n) is 1.35. The molecule has 0 aromatic heterocycles. The second kappa shape index (κ2) is 2.08. The summed E-state index contributed by atoms with van der Waals surface area (Å²) in [6.07, 6.45) is 8.77. The van der Waals surface area contributed by atoms with Crippen molar-refractivity contribution in [3.63, 3.8) is 0 Å². The summed E-state index contributed by atoms with van der Waals surface area (Å²) in [5.74, 6) is 0. The van der Waals surface area contributed by atoms with Gasteiger partial charge in [-0.1, -0.05) is 12.2 Å². The Morgan fingerprint density at radius 3 is 3.10 bits per heavy atom. The summed E-state index contributed by atoms with van der Waals surface area (Å²) in [4.78, 5) is 0. The van der Waals surface area contributed by atoms with Crippen molar-refractivity contribution >= 4 is 0 Å². The molecule has 10 heavy (non-hydrogen) atoms. The molecule has 0 aromatic carbocycles. The van der Waals surface area contributed by atoms with Crippen LogP contribution in [0.5, 0.6) is 0 Å². The van der Waals surface area contributed by atoms with Crippen molar-refractivity contribution in [3.05, 3.63) is 40.8 Å². The van der Waals surface area contributed by atoms with Gasteiger partial charge in [0.2, 0.25) is 0 Å². The van der Waals surface area contributed by atoms with Gasteiger partial charge in [0, 0.05) is 5.57 Å². The summed E-state index contributed by atoms with van der Waals surface area (Å²) in [5, 5.41) is 11.1. The Bertz CT molecular complexity index is 238. The second-order valence-electron chi connectivity index (χ2n) is 2.63. The Hall–Kier alpha value is -0.860. The predicted molar refractivity (Wildman–Crippen MR) is 39.1 cm³/mol. The first kappa shape index (κ1) is 5.89. The van der Waals surface area contributed by atoms with Gasteiger partial charge < -0.3 is 10.3 Å². The van der Waals surface area contributed by atoms with Crippen LogP contribution in [0.4, 0.5) is 0 Å². The van der Waals surface area contributed by atoms with Crippen molar-refractivity contribution in [1.29, 1.82) is 0 Å². The number of hydrogen-bond acceptors (Lipinski definition) is 1. The predicted octanol–water partition coefficient (Wildman–Crippen LogP) is 0.153. The lowest BCUT2D eigenvalue weighted by atomic mass is 10.1. The Morgan fingerprint density at radius 1 is 1.30 bits per heavy atom. The zero-order valence-electron chi connectivity index (χ0n) is 5.63. The largest absolute Gasteiger partial charge is 0.629 e. The van der Waals surface area contributed by atoms with Crippen molar-refractivity contribution in [2.75, 3.05) is 6.54 Å². The molecule has 0 spiro atoms. The molecule has 0 radical (unpaired) electrons. The van der Waals surface area contributed by atoms with E-state index < -0.39 is 0 Å². The third-order valence-corrected chi connectivity index (χ3v) is 1.90. The molecule has 0 saturated carbocycles. The van der Waals surface area contributed by atoms with Gasteiger partial charge in [-0.3, -0.25) is 0 Å². The van der Waals surface area contributed by atoms with E-state index in [1.807, 2.05) is 6.08 Å². The first-order valence-corrected chi connectivity index (χ1v) is 3.46. The highest BCUT2D eigenvalue weighted by Crippen LogP contribution is 2.19. The average Bonchev–Trinajstić information content (AvgIpc) is 2.33. The lowest BCUT2D eigenvalue weighted by molar-refractivity contribution is -0.785. The van der Waals surface area contributed by atoms with Crippen LogP contribution < -0.4 is 5.06 Å². The van der Waals surface area contributed by atoms with E-state index in [2.05, 4.69) is 12.2 Å². The molecular weight excluding hydrogens is 126 g/mol. The van der Waals surface area contributed by atoms with Crippen LogP contribution in [0.1, 0.15) is 6.42 Å². The number of allylic oxidation sites excluding steroid dienone is 3. The maximum Gasteiger partial charge on any atom is 0.107 e. The molecule has 0 fully saturated rings. The highest BCUT2D eigenvalue weighted by atomic mass is 16.5. The van der Waals surface area contributed by atoms with Gasteiger partial charge in [-0.2, -0.15) is 0 Å². The number of hydroxylamine groups is 2. The smallest absolute Gasteiger partial charge is 0.107 e. The van der Waals surface area contributed by atoms with E-state index in [4.69, 9.17) is 0 Å². The summed E-state index contributed by atoms with van der Waals surface area (Å²) >= 11 is 0. The van der Waals surface area contributed by atoms with Crippen LogP contribution in [0.3, 0.4) is 0 Å². The third-order valence-electron chi connectivity index (χ3n) is 1.90. The number of rotatable bonds is 0. The monoisotopic (exact) mass is 135 g/mol. The van der Waals surface area contributed by atoms with Crippen LogP contribution in [-0.4, -0.2) is 6.54 Å². The molecule has 0 saturated heterocycles. The van der Waals surface area contributed by atoms with Crippen molar-refractivity contribution < 1.29 is 5.06 Å². The molecule has 0 bridgehead atoms. The minimum atomic E-state index is 0.227. The quantitative estimate of drug-likeness (QED) is 0.470. The van der Waals surface area contributed by atoms with E-state index in [1.54, 1.807) is 6.20 Å². The van der Waals surface area contributed by atoms with E-state index >= 15 is 0 Å². The van der Waals surface area contributed by atoms with Gasteiger partial charge >= 0.3 is 0 Å². The summed E-state index contributed by atoms with van der Waals surface area (Å²) in [5.41, 5.74) is 2.53. The van der Waals surface area contributed by atoms with Gasteiger partial charge in [-0.05, 0) is 18.1 Å². The van der Waals surface area contributed by atoms with Gasteiger partial charge in [0.25, 0.3) is 0 Å². The highest BCUT2D eigenvalue weighted by Gasteiger charge is 2.12. The number of quaternary nitrogens is 1. The lowest BCUT2D eigenvalue weighted by Crippen LogP contribution is -3.02. The summed E-state index contributed by atoms with van der Waals surface area (Å²) < 4.78 is 0. The van der Waals surface area contributed by atoms with E-state index in [1.165, 1.54) is 11.1 Å². The zero-order chi connectivity index (χ0) is 6.97. The van der Waals surface area contributed by atoms with Gasteiger partial charge in [0.05, 0.1) is 6.20 Å². The molecule has 0 amide bonds. The summed E-state index contributed by atoms with van der Waals surface area (Å²) in [6.45, 7) is 0.613. The topological polar surface area (TPSA) is 27.5 Å². The van der Waals surface area contributed by atoms with E-state index in [9.17, 15) is 5.21 Å². The van der Waals surface area contributed by atoms with Crippen LogP contribution in [0.15, 0.2) is 35.6 Å². The number of hydrogen-bond donors (Lipinski definition) is 1. The molecular formula is C8H9NO. The average molecular weight is 135 g/mol. The minimum Gasteiger partial charge on any atom is -0.629 e. The standard InChI is InChI=1S/C8H9NO/c10-9-5-4-7-2-1-3-8(7)6-9/h1,3-5,9H,2,6H2. The number of nitrogens with one attached hydrogen (secondary N) is 1. The highest BCUT2D eigenvalue weighted by molar-refractivity contribution is 5.41. The normalized spacial score (nSPS) is 29.5. The summed E-state index contributed by atoms with van der Waals surface area (Å²) in [6, 6.07) is 0. The van der Waals surface area contributed by atoms with E-state index in [-0.39, 0.29) is 5.06 Å². The molecule has 52 valence electrons. The lowest BCUT2D eigenvalue weighted by Gasteiger charge is -2.21. The molecule has 2 rings (SSSR count). The first-order chi connectivity index (χ1) is 4.86. The van der Waals surface area contributed by atoms with Crippen LogP contribution in [0.2, 0.25) is 0 Å². The van der Waals surface area contributed by atoms with Gasteiger partial charge in [-0.25, -0.2) is 0 Å². The molecule has 1 unspecified atom stereocenters. The Kier molecular flexibility index (Phi) is 1.22. The fraction of sp³-hybridized carbons (Fsp3) is 0.250. The molecule has 2 heteroatoms. The Labute approximate surface area is 59.7 Å². The maximum atomic E-state index is 10.9. The fourth-order valence-corrected chi connectivity index (χ4v) is 1.35. The first-order valence-electron chi connectivity index (χ1n) is 3.46. The van der Waals surface area contributed by atoms with Crippen LogP contribution in [0, 0.1) is 5.21 Å². The molecule has 1 aliphatic carbocycles. The van der Waals surface area contributed by atoms with Crippen LogP contribution >= 0.6 is 0 Å². The van der Waals surface area contributed by atoms with Crippen molar-refractivity contribution in [2.45, 2.75) is 6.42 Å². The van der Waals surface area contributed by atoms with Gasteiger partial charge in [-0.15, -0.1) is 0 Å². The van der Waals surface area contributed by atoms with Crippen molar-refractivity contribution in [2.24, 2.45) is 0 Å². The third kappa shape index (κ3) is 0.818. The molecule has 1 heterocycles. The van der Waals surface area contributed by atoms with Gasteiger partial charge in [0.15, 0.2) is 0 Å². The maximum absolute atomic E-state index is 10.9. The Morgan fingerprint density at radius 2 is 2.20 bits per heavy atom.